The van der Waals surface area contributed by atoms with Gasteiger partial charge in [-0.05, 0) is 29.7 Å². The predicted octanol–water partition coefficient (Wildman–Crippen LogP) is 4.28. The van der Waals surface area contributed by atoms with E-state index in [0.717, 1.165) is 0 Å². The van der Waals surface area contributed by atoms with Gasteiger partial charge in [0.2, 0.25) is 5.91 Å². The van der Waals surface area contributed by atoms with Crippen LogP contribution in [0.5, 0.6) is 5.75 Å². The third kappa shape index (κ3) is 6.10. The smallest absolute Gasteiger partial charge is 0.270 e. The Labute approximate surface area is 146 Å². The minimum absolute atomic E-state index is 0.0161. The van der Waals surface area contributed by atoms with Crippen LogP contribution in [-0.4, -0.2) is 17.4 Å². The Balaban J connectivity index is 1.99. The second-order valence-corrected chi connectivity index (χ2v) is 5.91. The molecule has 0 aliphatic rings. The summed E-state index contributed by atoms with van der Waals surface area (Å²) in [5, 5.41) is 13.5. The van der Waals surface area contributed by atoms with Crippen LogP contribution in [0.3, 0.4) is 0 Å². The first kappa shape index (κ1) is 18.2. The van der Waals surface area contributed by atoms with Crippen LogP contribution >= 0.6 is 0 Å². The fourth-order valence-electron chi connectivity index (χ4n) is 2.02. The molecule has 2 aromatic carbocycles. The summed E-state index contributed by atoms with van der Waals surface area (Å²) in [5.74, 6) is 0.776. The molecule has 2 rings (SSSR count). The van der Waals surface area contributed by atoms with E-state index in [1.54, 1.807) is 30.3 Å². The number of carbonyl (C=O) groups excluding carboxylic acids is 1. The highest BCUT2D eigenvalue weighted by Crippen LogP contribution is 2.18. The highest BCUT2D eigenvalue weighted by Gasteiger charge is 2.05. The van der Waals surface area contributed by atoms with Crippen LogP contribution in [0, 0.1) is 16.0 Å². The molecule has 0 spiro atoms. The minimum atomic E-state index is -0.472. The molecule has 6 nitrogen and oxygen atoms in total. The topological polar surface area (TPSA) is 81.5 Å². The fourth-order valence-corrected chi connectivity index (χ4v) is 2.02. The first-order valence-electron chi connectivity index (χ1n) is 7.90. The fraction of sp³-hybridized carbons (Fsp3) is 0.211. The quantitative estimate of drug-likeness (QED) is 0.463. The summed E-state index contributed by atoms with van der Waals surface area (Å²) < 4.78 is 5.62. The van der Waals surface area contributed by atoms with Crippen LogP contribution < -0.4 is 10.1 Å². The van der Waals surface area contributed by atoms with Crippen molar-refractivity contribution in [3.05, 3.63) is 70.3 Å². The zero-order valence-corrected chi connectivity index (χ0v) is 14.1. The van der Waals surface area contributed by atoms with Crippen LogP contribution in [0.4, 0.5) is 11.4 Å². The third-order valence-electron chi connectivity index (χ3n) is 3.19. The van der Waals surface area contributed by atoms with Gasteiger partial charge in [-0.2, -0.15) is 0 Å². The van der Waals surface area contributed by atoms with Crippen molar-refractivity contribution in [1.29, 1.82) is 0 Å². The lowest BCUT2D eigenvalue weighted by Gasteiger charge is -2.10. The number of nitrogens with one attached hydrogen (secondary N) is 1. The van der Waals surface area contributed by atoms with Gasteiger partial charge in [-0.3, -0.25) is 14.9 Å². The molecule has 25 heavy (non-hydrogen) atoms. The Kier molecular flexibility index (Phi) is 6.28. The molecule has 0 aliphatic carbocycles. The Morgan fingerprint density at radius 1 is 1.24 bits per heavy atom. The van der Waals surface area contributed by atoms with E-state index >= 15 is 0 Å². The van der Waals surface area contributed by atoms with Crippen molar-refractivity contribution in [2.75, 3.05) is 11.9 Å². The van der Waals surface area contributed by atoms with E-state index < -0.39 is 4.92 Å². The number of nitro benzene ring substituents is 1. The molecule has 0 saturated heterocycles. The van der Waals surface area contributed by atoms with Crippen molar-refractivity contribution in [2.24, 2.45) is 5.92 Å². The average molecular weight is 340 g/mol. The Morgan fingerprint density at radius 2 is 2.00 bits per heavy atom. The van der Waals surface area contributed by atoms with Crippen LogP contribution in [-0.2, 0) is 4.79 Å². The van der Waals surface area contributed by atoms with Crippen molar-refractivity contribution in [1.82, 2.24) is 0 Å². The number of ether oxygens (including phenoxy) is 1. The van der Waals surface area contributed by atoms with Gasteiger partial charge in [-0.1, -0.05) is 32.0 Å². The molecule has 0 unspecified atom stereocenters. The number of nitrogens with zero attached hydrogens (tertiary/aromatic N) is 1. The molecule has 2 aromatic rings. The lowest BCUT2D eigenvalue weighted by molar-refractivity contribution is -0.384. The maximum absolute atomic E-state index is 12.0. The lowest BCUT2D eigenvalue weighted by Crippen LogP contribution is -2.08. The minimum Gasteiger partial charge on any atom is -0.493 e. The van der Waals surface area contributed by atoms with Gasteiger partial charge in [0.05, 0.1) is 11.5 Å². The number of anilines is 1. The molecular weight excluding hydrogens is 320 g/mol. The summed E-state index contributed by atoms with van der Waals surface area (Å²) in [5.41, 5.74) is 1.19. The van der Waals surface area contributed by atoms with Crippen molar-refractivity contribution in [3.8, 4) is 5.75 Å². The molecule has 1 N–H and O–H groups in total. The van der Waals surface area contributed by atoms with E-state index in [2.05, 4.69) is 19.2 Å². The van der Waals surface area contributed by atoms with E-state index in [1.165, 1.54) is 24.3 Å². The SMILES string of the molecule is CC(C)COc1cccc(NC(=O)/C=C/c2cccc([N+](=O)[O-])c2)c1. The molecule has 6 heteroatoms. The number of non-ortho nitro benzene ring substituents is 1. The summed E-state index contributed by atoms with van der Waals surface area (Å²) in [7, 11) is 0. The monoisotopic (exact) mass is 340 g/mol. The molecule has 0 bridgehead atoms. The molecule has 130 valence electrons. The van der Waals surface area contributed by atoms with Gasteiger partial charge in [0.25, 0.3) is 5.69 Å². The lowest BCUT2D eigenvalue weighted by atomic mass is 10.2. The van der Waals surface area contributed by atoms with Crippen LogP contribution in [0.1, 0.15) is 19.4 Å². The number of benzene rings is 2. The Bertz CT molecular complexity index is 784. The van der Waals surface area contributed by atoms with Crippen molar-refractivity contribution >= 4 is 23.4 Å². The average Bonchev–Trinajstić information content (AvgIpc) is 2.59. The maximum Gasteiger partial charge on any atom is 0.270 e. The van der Waals surface area contributed by atoms with E-state index in [-0.39, 0.29) is 11.6 Å². The summed E-state index contributed by atoms with van der Waals surface area (Å²) in [6.45, 7) is 4.72. The van der Waals surface area contributed by atoms with Gasteiger partial charge >= 0.3 is 0 Å². The van der Waals surface area contributed by atoms with Gasteiger partial charge in [0, 0.05) is 30.0 Å². The van der Waals surface area contributed by atoms with E-state index in [4.69, 9.17) is 4.74 Å². The van der Waals surface area contributed by atoms with E-state index in [9.17, 15) is 14.9 Å². The number of nitro groups is 1. The van der Waals surface area contributed by atoms with Crippen molar-refractivity contribution in [3.63, 3.8) is 0 Å². The summed E-state index contributed by atoms with van der Waals surface area (Å²) in [6, 6.07) is 13.2. The maximum atomic E-state index is 12.0. The van der Waals surface area contributed by atoms with E-state index in [1.807, 2.05) is 6.07 Å². The second kappa shape index (κ2) is 8.63. The molecule has 0 saturated carbocycles. The summed E-state index contributed by atoms with van der Waals surface area (Å²) in [6.07, 6.45) is 2.86. The van der Waals surface area contributed by atoms with Gasteiger partial charge in [-0.15, -0.1) is 0 Å². The highest BCUT2D eigenvalue weighted by molar-refractivity contribution is 6.02. The number of hydrogen-bond donors (Lipinski definition) is 1. The van der Waals surface area contributed by atoms with Crippen molar-refractivity contribution in [2.45, 2.75) is 13.8 Å². The number of amides is 1. The van der Waals surface area contributed by atoms with Crippen LogP contribution in [0.2, 0.25) is 0 Å². The largest absolute Gasteiger partial charge is 0.493 e. The molecule has 0 fully saturated rings. The first-order chi connectivity index (χ1) is 11.9. The normalized spacial score (nSPS) is 10.8. The molecule has 0 aliphatic heterocycles. The molecule has 0 radical (unpaired) electrons. The standard InChI is InChI=1S/C19H20N2O4/c1-14(2)13-25-18-8-4-6-16(12-18)20-19(22)10-9-15-5-3-7-17(11-15)21(23)24/h3-12,14H,13H2,1-2H3,(H,20,22)/b10-9+. The van der Waals surface area contributed by atoms with Gasteiger partial charge < -0.3 is 10.1 Å². The molecule has 1 amide bonds. The van der Waals surface area contributed by atoms with Crippen LogP contribution in [0.15, 0.2) is 54.6 Å². The zero-order valence-electron chi connectivity index (χ0n) is 14.1. The Morgan fingerprint density at radius 3 is 2.72 bits per heavy atom. The van der Waals surface area contributed by atoms with Gasteiger partial charge in [-0.25, -0.2) is 0 Å². The van der Waals surface area contributed by atoms with Gasteiger partial charge in [0.15, 0.2) is 0 Å². The first-order valence-corrected chi connectivity index (χ1v) is 7.90. The number of hydrogen-bond acceptors (Lipinski definition) is 4. The molecule has 0 aromatic heterocycles. The van der Waals surface area contributed by atoms with Crippen LogP contribution in [0.25, 0.3) is 6.08 Å². The highest BCUT2D eigenvalue weighted by atomic mass is 16.6. The molecule has 0 heterocycles. The second-order valence-electron chi connectivity index (χ2n) is 5.91. The molecular formula is C19H20N2O4. The predicted molar refractivity (Wildman–Crippen MR) is 97.5 cm³/mol. The van der Waals surface area contributed by atoms with Gasteiger partial charge in [0.1, 0.15) is 5.75 Å². The van der Waals surface area contributed by atoms with Crippen molar-refractivity contribution < 1.29 is 14.5 Å². The third-order valence-corrected chi connectivity index (χ3v) is 3.19. The summed E-state index contributed by atoms with van der Waals surface area (Å²) in [4.78, 5) is 22.3. The number of rotatable bonds is 7. The number of carbonyl (C=O) groups is 1. The summed E-state index contributed by atoms with van der Waals surface area (Å²) >= 11 is 0. The molecule has 0 atom stereocenters. The zero-order chi connectivity index (χ0) is 18.2. The Hall–Kier alpha value is -3.15. The van der Waals surface area contributed by atoms with E-state index in [0.29, 0.717) is 29.5 Å².